The van der Waals surface area contributed by atoms with Crippen LogP contribution in [0.3, 0.4) is 0 Å². The minimum absolute atomic E-state index is 0.239. The fraction of sp³-hybridized carbons (Fsp3) is 0.194. The lowest BCUT2D eigenvalue weighted by Crippen LogP contribution is -2.50. The third-order valence-corrected chi connectivity index (χ3v) is 10.2. The molecule has 3 aliphatic rings. The molecule has 2 aliphatic heterocycles. The number of imidazole rings is 1. The largest absolute Gasteiger partial charge is 0.496 e. The molecule has 0 saturated carbocycles. The third-order valence-electron chi connectivity index (χ3n) is 8.72. The van der Waals surface area contributed by atoms with E-state index in [0.717, 1.165) is 44.6 Å². The molecule has 0 radical (unpaired) electrons. The summed E-state index contributed by atoms with van der Waals surface area (Å²) >= 11 is 1.58. The molecule has 7 rings (SSSR count). The van der Waals surface area contributed by atoms with Crippen LogP contribution < -0.4 is 4.90 Å². The number of alkyl halides is 3. The maximum atomic E-state index is 14.7. The zero-order chi connectivity index (χ0) is 30.7. The summed E-state index contributed by atoms with van der Waals surface area (Å²) in [6.45, 7) is 3.85. The number of hydrogen-bond donors (Lipinski definition) is 0. The minimum atomic E-state index is -4.58. The molecule has 0 N–H and O–H groups in total. The van der Waals surface area contributed by atoms with Crippen LogP contribution in [0.15, 0.2) is 143 Å². The first-order chi connectivity index (χ1) is 21.2. The summed E-state index contributed by atoms with van der Waals surface area (Å²) in [7, 11) is 1.61. The number of nitrogens with zero attached hydrogens (tertiary/aromatic N) is 3. The number of halogens is 3. The lowest BCUT2D eigenvalue weighted by Gasteiger charge is -2.43. The Morgan fingerprint density at radius 2 is 1.39 bits per heavy atom. The molecule has 0 bridgehead atoms. The molecular formula is C36H30F3N3OS. The van der Waals surface area contributed by atoms with Crippen molar-refractivity contribution in [1.29, 1.82) is 0 Å². The van der Waals surface area contributed by atoms with Crippen LogP contribution in [0.2, 0.25) is 0 Å². The van der Waals surface area contributed by atoms with E-state index >= 15 is 0 Å². The van der Waals surface area contributed by atoms with Gasteiger partial charge in [0.15, 0.2) is 0 Å². The van der Waals surface area contributed by atoms with Crippen molar-refractivity contribution in [2.75, 3.05) is 12.0 Å². The standard InChI is InChI=1S/C36H30F3N3OS/c1-24-22-34-21-13-20-29(36(37,38)39)42(34)33-40-23-30(41(33)32(34)25(2)31(24)43-3)44-35(26-14-7-4-8-15-26,27-16-9-5-10-17-27)28-18-11-6-12-19-28/h4-21,23H,22H2,1-3H3. The number of hydrogen-bond acceptors (Lipinski definition) is 4. The Hall–Kier alpha value is -4.43. The van der Waals surface area contributed by atoms with Crippen molar-refractivity contribution in [2.24, 2.45) is 0 Å². The molecule has 0 amide bonds. The van der Waals surface area contributed by atoms with Crippen molar-refractivity contribution in [3.8, 4) is 0 Å². The van der Waals surface area contributed by atoms with Crippen LogP contribution in [0.1, 0.15) is 37.0 Å². The fourth-order valence-electron chi connectivity index (χ4n) is 7.12. The predicted molar refractivity (Wildman–Crippen MR) is 169 cm³/mol. The minimum Gasteiger partial charge on any atom is -0.496 e. The first kappa shape index (κ1) is 28.3. The molecule has 1 unspecified atom stereocenters. The number of anilines is 1. The van der Waals surface area contributed by atoms with E-state index in [9.17, 15) is 13.2 Å². The topological polar surface area (TPSA) is 30.3 Å². The van der Waals surface area contributed by atoms with Crippen LogP contribution in [0.25, 0.3) is 5.70 Å². The smallest absolute Gasteiger partial charge is 0.431 e. The van der Waals surface area contributed by atoms with Gasteiger partial charge in [-0.3, -0.25) is 9.47 Å². The normalized spacial score (nSPS) is 19.5. The Balaban J connectivity index is 1.52. The highest BCUT2D eigenvalue weighted by Crippen LogP contribution is 2.60. The summed E-state index contributed by atoms with van der Waals surface area (Å²) in [6, 6.07) is 30.7. The van der Waals surface area contributed by atoms with Gasteiger partial charge >= 0.3 is 6.18 Å². The van der Waals surface area contributed by atoms with Gasteiger partial charge in [-0.25, -0.2) is 4.98 Å². The first-order valence-electron chi connectivity index (χ1n) is 14.4. The average Bonchev–Trinajstić information content (AvgIpc) is 3.56. The maximum absolute atomic E-state index is 14.7. The number of allylic oxidation sites excluding steroid dienone is 4. The molecule has 1 aromatic heterocycles. The number of rotatable bonds is 6. The number of fused-ring (bicyclic) bond motifs is 3. The number of ether oxygens (including phenoxy) is 1. The molecule has 1 spiro atoms. The molecule has 1 atom stereocenters. The molecule has 3 heterocycles. The second kappa shape index (κ2) is 10.3. The van der Waals surface area contributed by atoms with Gasteiger partial charge in [-0.1, -0.05) is 115 Å². The second-order valence-electron chi connectivity index (χ2n) is 11.2. The van der Waals surface area contributed by atoms with Gasteiger partial charge in [0.25, 0.3) is 0 Å². The summed E-state index contributed by atoms with van der Waals surface area (Å²) in [6.07, 6.45) is 2.01. The number of thioether (sulfide) groups is 1. The molecule has 0 saturated heterocycles. The summed E-state index contributed by atoms with van der Waals surface area (Å²) in [5, 5.41) is 0.726. The van der Waals surface area contributed by atoms with Gasteiger partial charge in [0.05, 0.1) is 23.8 Å². The molecular weight excluding hydrogens is 579 g/mol. The quantitative estimate of drug-likeness (QED) is 0.161. The van der Waals surface area contributed by atoms with Crippen molar-refractivity contribution in [3.05, 3.63) is 155 Å². The average molecular weight is 610 g/mol. The third kappa shape index (κ3) is 4.04. The van der Waals surface area contributed by atoms with E-state index in [4.69, 9.17) is 9.72 Å². The lowest BCUT2D eigenvalue weighted by atomic mass is 9.78. The summed E-state index contributed by atoms with van der Waals surface area (Å²) in [5.74, 6) is 0.933. The molecule has 0 fully saturated rings. The van der Waals surface area contributed by atoms with E-state index in [-0.39, 0.29) is 5.95 Å². The monoisotopic (exact) mass is 609 g/mol. The van der Waals surface area contributed by atoms with Gasteiger partial charge in [0.2, 0.25) is 5.95 Å². The van der Waals surface area contributed by atoms with E-state index in [1.165, 1.54) is 11.0 Å². The summed E-state index contributed by atoms with van der Waals surface area (Å²) < 4.78 is 51.0. The number of benzene rings is 3. The Bertz CT molecular complexity index is 1760. The molecule has 1 aliphatic carbocycles. The Morgan fingerprint density at radius 1 is 0.841 bits per heavy atom. The van der Waals surface area contributed by atoms with E-state index in [1.807, 2.05) is 79.1 Å². The highest BCUT2D eigenvalue weighted by molar-refractivity contribution is 8.00. The zero-order valence-corrected chi connectivity index (χ0v) is 25.3. The second-order valence-corrected chi connectivity index (χ2v) is 12.5. The van der Waals surface area contributed by atoms with Crippen LogP contribution in [0, 0.1) is 0 Å². The Labute approximate surface area is 258 Å². The Morgan fingerprint density at radius 3 is 1.89 bits per heavy atom. The molecule has 3 aromatic carbocycles. The highest BCUT2D eigenvalue weighted by atomic mass is 32.2. The molecule has 222 valence electrons. The van der Waals surface area contributed by atoms with Crippen molar-refractivity contribution in [2.45, 2.75) is 41.8 Å². The number of methoxy groups -OCH3 is 1. The molecule has 8 heteroatoms. The van der Waals surface area contributed by atoms with E-state index in [0.29, 0.717) is 12.2 Å². The van der Waals surface area contributed by atoms with Crippen LogP contribution in [-0.2, 0) is 9.48 Å². The van der Waals surface area contributed by atoms with Gasteiger partial charge in [0.1, 0.15) is 22.0 Å². The highest BCUT2D eigenvalue weighted by Gasteiger charge is 2.58. The van der Waals surface area contributed by atoms with Crippen molar-refractivity contribution >= 4 is 23.4 Å². The van der Waals surface area contributed by atoms with Gasteiger partial charge in [-0.2, -0.15) is 13.2 Å². The number of aromatic nitrogens is 2. The van der Waals surface area contributed by atoms with Gasteiger partial charge < -0.3 is 4.74 Å². The zero-order valence-electron chi connectivity index (χ0n) is 24.5. The van der Waals surface area contributed by atoms with Crippen LogP contribution in [-0.4, -0.2) is 28.4 Å². The molecule has 4 nitrogen and oxygen atoms in total. The summed E-state index contributed by atoms with van der Waals surface area (Å²) in [4.78, 5) is 6.12. The molecule has 44 heavy (non-hydrogen) atoms. The first-order valence-corrected chi connectivity index (χ1v) is 15.2. The summed E-state index contributed by atoms with van der Waals surface area (Å²) in [5.41, 5.74) is 3.70. The predicted octanol–water partition coefficient (Wildman–Crippen LogP) is 9.10. The van der Waals surface area contributed by atoms with Crippen molar-refractivity contribution < 1.29 is 17.9 Å². The molecule has 4 aromatic rings. The van der Waals surface area contributed by atoms with Gasteiger partial charge in [-0.05, 0) is 42.2 Å². The van der Waals surface area contributed by atoms with Gasteiger partial charge in [0, 0.05) is 12.0 Å². The van der Waals surface area contributed by atoms with E-state index in [1.54, 1.807) is 25.1 Å². The lowest BCUT2D eigenvalue weighted by molar-refractivity contribution is -0.0945. The Kier molecular flexibility index (Phi) is 6.66. The van der Waals surface area contributed by atoms with Crippen LogP contribution in [0.5, 0.6) is 0 Å². The van der Waals surface area contributed by atoms with Crippen molar-refractivity contribution in [1.82, 2.24) is 9.55 Å². The van der Waals surface area contributed by atoms with Crippen LogP contribution >= 0.6 is 11.8 Å². The van der Waals surface area contributed by atoms with E-state index in [2.05, 4.69) is 36.4 Å². The van der Waals surface area contributed by atoms with Crippen LogP contribution in [0.4, 0.5) is 19.1 Å². The van der Waals surface area contributed by atoms with E-state index < -0.39 is 22.2 Å². The van der Waals surface area contributed by atoms with Gasteiger partial charge in [-0.15, -0.1) is 0 Å². The van der Waals surface area contributed by atoms with Crippen molar-refractivity contribution in [3.63, 3.8) is 0 Å². The fourth-order valence-corrected chi connectivity index (χ4v) is 8.57. The maximum Gasteiger partial charge on any atom is 0.431 e. The SMILES string of the molecule is COC1=C(C)CC23C=CC=C(C(F)(F)F)N2c2ncc(SC(c4ccccc4)(c4ccccc4)c4ccccc4)n2C3=C1C.